The summed E-state index contributed by atoms with van der Waals surface area (Å²) < 4.78 is 15.4. The highest BCUT2D eigenvalue weighted by atomic mass is 31.2. The van der Waals surface area contributed by atoms with Crippen LogP contribution in [0.1, 0.15) is 219 Å². The molecule has 0 heterocycles. The first-order valence-corrected chi connectivity index (χ1v) is 24.1. The van der Waals surface area contributed by atoms with E-state index in [9.17, 15) is 4.89 Å². The number of aliphatic hydroxyl groups is 3. The zero-order valence-electron chi connectivity index (χ0n) is 34.2. The van der Waals surface area contributed by atoms with E-state index in [0.29, 0.717) is 13.2 Å². The molecule has 9 nitrogen and oxygen atoms in total. The van der Waals surface area contributed by atoms with Crippen molar-refractivity contribution in [2.24, 2.45) is 5.41 Å². The minimum atomic E-state index is -2.52. The molecule has 316 valence electrons. The van der Waals surface area contributed by atoms with Gasteiger partial charge in [0, 0.05) is 0 Å². The second-order valence-corrected chi connectivity index (χ2v) is 16.8. The van der Waals surface area contributed by atoms with E-state index in [0.717, 1.165) is 12.8 Å². The van der Waals surface area contributed by atoms with Gasteiger partial charge in [0.15, 0.2) is 0 Å². The Morgan fingerprint density at radius 2 is 0.577 bits per heavy atom. The molecule has 0 aromatic rings. The maximum Gasteiger partial charge on any atom is 0.329 e. The Bertz CT molecular complexity index is 599. The summed E-state index contributed by atoms with van der Waals surface area (Å²) in [6.07, 6.45) is 44.0. The minimum Gasteiger partial charge on any atom is -0.396 e. The van der Waals surface area contributed by atoms with Crippen molar-refractivity contribution in [2.75, 3.05) is 39.6 Å². The number of hydrogen-bond donors (Lipinski definition) is 6. The fourth-order valence-electron chi connectivity index (χ4n) is 6.10. The Kier molecular flexibility index (Phi) is 48.2. The Balaban J connectivity index is 0. The lowest BCUT2D eigenvalue weighted by Gasteiger charge is -2.26. The maximum atomic E-state index is 9.92. The van der Waals surface area contributed by atoms with E-state index in [-0.39, 0.29) is 6.61 Å². The van der Waals surface area contributed by atoms with E-state index in [2.05, 4.69) is 18.4 Å². The molecule has 6 N–H and O–H groups in total. The van der Waals surface area contributed by atoms with Crippen molar-refractivity contribution in [2.45, 2.75) is 219 Å². The third-order valence-electron chi connectivity index (χ3n) is 9.89. The highest BCUT2D eigenvalue weighted by Gasteiger charge is 2.29. The van der Waals surface area contributed by atoms with Gasteiger partial charge in [0.1, 0.15) is 0 Å². The number of aliphatic hydroxyl groups excluding tert-OH is 3. The standard InChI is InChI=1S/C36H75O3P.C5H13O6P/c1-3-5-7-9-11-13-15-17-19-21-23-25-27-29-31-33-35-38-40(37)39-36-34-32-30-28-26-24-22-20-18-16-14-12-10-8-6-4-2;6-1-5(2-7,3-8)4-11-12(9)10/h37H,3-36H2,1-2H3;6-10H,1-4H2. The number of unbranched alkanes of at least 4 members (excludes halogenated alkanes) is 30. The second kappa shape index (κ2) is 45.9. The van der Waals surface area contributed by atoms with Gasteiger partial charge >= 0.3 is 17.2 Å². The van der Waals surface area contributed by atoms with E-state index >= 15 is 0 Å². The van der Waals surface area contributed by atoms with Crippen LogP contribution < -0.4 is 0 Å². The average molecular weight is 787 g/mol. The normalized spacial score (nSPS) is 11.9. The molecule has 0 atom stereocenters. The molecule has 0 aromatic carbocycles. The SMILES string of the molecule is CCCCCCCCCCCCCCCCCCOP(O)OCCCCCCCCCCCCCCCCCC.OCC(CO)(CO)COP(O)O. The highest BCUT2D eigenvalue weighted by molar-refractivity contribution is 7.40. The van der Waals surface area contributed by atoms with Crippen LogP contribution in [0.15, 0.2) is 0 Å². The Morgan fingerprint density at radius 1 is 0.346 bits per heavy atom. The average Bonchev–Trinajstić information content (AvgIpc) is 3.15. The molecular weight excluding hydrogens is 698 g/mol. The third kappa shape index (κ3) is 43.2. The summed E-state index contributed by atoms with van der Waals surface area (Å²) >= 11 is 0. The van der Waals surface area contributed by atoms with Gasteiger partial charge in [-0.25, -0.2) is 0 Å². The summed E-state index contributed by atoms with van der Waals surface area (Å²) in [6, 6.07) is 0. The number of rotatable bonds is 42. The largest absolute Gasteiger partial charge is 0.396 e. The van der Waals surface area contributed by atoms with Gasteiger partial charge in [-0.3, -0.25) is 0 Å². The van der Waals surface area contributed by atoms with Crippen molar-refractivity contribution in [3.05, 3.63) is 0 Å². The van der Waals surface area contributed by atoms with Gasteiger partial charge in [0.2, 0.25) is 0 Å². The quantitative estimate of drug-likeness (QED) is 0.0263. The van der Waals surface area contributed by atoms with Crippen LogP contribution in [0.3, 0.4) is 0 Å². The lowest BCUT2D eigenvalue weighted by atomic mass is 9.93. The summed E-state index contributed by atoms with van der Waals surface area (Å²) in [7, 11) is -4.18. The third-order valence-corrected chi connectivity index (χ3v) is 11.1. The lowest BCUT2D eigenvalue weighted by Crippen LogP contribution is -2.38. The zero-order valence-corrected chi connectivity index (χ0v) is 36.0. The molecule has 0 radical (unpaired) electrons. The van der Waals surface area contributed by atoms with E-state index < -0.39 is 42.4 Å². The second-order valence-electron chi connectivity index (χ2n) is 15.0. The Labute approximate surface area is 324 Å². The van der Waals surface area contributed by atoms with Gasteiger partial charge in [-0.2, -0.15) is 0 Å². The molecule has 0 saturated carbocycles. The molecule has 0 aromatic heterocycles. The summed E-state index contributed by atoms with van der Waals surface area (Å²) in [5, 5.41) is 26.2. The van der Waals surface area contributed by atoms with Crippen LogP contribution in [0.4, 0.5) is 0 Å². The molecule has 0 amide bonds. The molecule has 0 aliphatic heterocycles. The van der Waals surface area contributed by atoms with Crippen molar-refractivity contribution in [1.82, 2.24) is 0 Å². The smallest absolute Gasteiger partial charge is 0.329 e. The van der Waals surface area contributed by atoms with E-state index in [1.807, 2.05) is 0 Å². The molecule has 0 aliphatic carbocycles. The molecule has 0 bridgehead atoms. The first kappa shape index (κ1) is 54.6. The van der Waals surface area contributed by atoms with Crippen LogP contribution in [0, 0.1) is 5.41 Å². The fraction of sp³-hybridized carbons (Fsp3) is 1.00. The van der Waals surface area contributed by atoms with Crippen molar-refractivity contribution >= 4 is 17.2 Å². The lowest BCUT2D eigenvalue weighted by molar-refractivity contribution is -0.0280. The van der Waals surface area contributed by atoms with Gasteiger partial charge in [-0.1, -0.05) is 206 Å². The van der Waals surface area contributed by atoms with Crippen LogP contribution in [0.25, 0.3) is 0 Å². The van der Waals surface area contributed by atoms with Crippen molar-refractivity contribution in [1.29, 1.82) is 0 Å². The summed E-state index contributed by atoms with van der Waals surface area (Å²) in [5.74, 6) is 0. The predicted molar refractivity (Wildman–Crippen MR) is 221 cm³/mol. The summed E-state index contributed by atoms with van der Waals surface area (Å²) in [6.45, 7) is 4.11. The molecular formula is C41H88O9P2. The van der Waals surface area contributed by atoms with Gasteiger partial charge in [0.25, 0.3) is 0 Å². The van der Waals surface area contributed by atoms with Gasteiger partial charge in [-0.05, 0) is 12.8 Å². The van der Waals surface area contributed by atoms with Crippen LogP contribution in [0.2, 0.25) is 0 Å². The first-order valence-electron chi connectivity index (χ1n) is 21.8. The summed E-state index contributed by atoms with van der Waals surface area (Å²) in [4.78, 5) is 26.6. The van der Waals surface area contributed by atoms with Gasteiger partial charge < -0.3 is 43.6 Å². The molecule has 0 unspecified atom stereocenters. The topological polar surface area (TPSA) is 149 Å². The monoisotopic (exact) mass is 787 g/mol. The highest BCUT2D eigenvalue weighted by Crippen LogP contribution is 2.33. The van der Waals surface area contributed by atoms with Crippen LogP contribution >= 0.6 is 17.2 Å². The van der Waals surface area contributed by atoms with E-state index in [4.69, 9.17) is 34.2 Å². The van der Waals surface area contributed by atoms with Gasteiger partial charge in [0.05, 0.1) is 45.1 Å². The number of hydrogen-bond acceptors (Lipinski definition) is 9. The molecule has 0 saturated heterocycles. The fourth-order valence-corrected chi connectivity index (χ4v) is 7.14. The zero-order chi connectivity index (χ0) is 38.6. The summed E-state index contributed by atoms with van der Waals surface area (Å²) in [5.41, 5.74) is -1.20. The van der Waals surface area contributed by atoms with Crippen molar-refractivity contribution in [3.8, 4) is 0 Å². The predicted octanol–water partition coefficient (Wildman–Crippen LogP) is 11.9. The van der Waals surface area contributed by atoms with Gasteiger partial charge in [-0.15, -0.1) is 0 Å². The molecule has 0 rings (SSSR count). The molecule has 0 spiro atoms. The Hall–Kier alpha value is 0.500. The Morgan fingerprint density at radius 3 is 0.788 bits per heavy atom. The molecule has 52 heavy (non-hydrogen) atoms. The molecule has 11 heteroatoms. The first-order chi connectivity index (χ1) is 25.4. The maximum absolute atomic E-state index is 9.92. The van der Waals surface area contributed by atoms with E-state index in [1.54, 1.807) is 0 Å². The molecule has 0 aliphatic rings. The van der Waals surface area contributed by atoms with Crippen LogP contribution in [-0.4, -0.2) is 69.6 Å². The van der Waals surface area contributed by atoms with E-state index in [1.165, 1.54) is 193 Å². The van der Waals surface area contributed by atoms with Crippen molar-refractivity contribution < 1.29 is 43.6 Å². The van der Waals surface area contributed by atoms with Crippen molar-refractivity contribution in [3.63, 3.8) is 0 Å². The minimum absolute atomic E-state index is 0.296. The molecule has 0 fully saturated rings. The van der Waals surface area contributed by atoms with Crippen LogP contribution in [-0.2, 0) is 13.6 Å². The van der Waals surface area contributed by atoms with Crippen LogP contribution in [0.5, 0.6) is 0 Å².